The number of rotatable bonds is 6. The monoisotopic (exact) mass is 466 g/mol. The standard InChI is InChI=1S/C21H15Cl2F3N4O/c22-14-4-6-16(17(23)10-14)18-11-19-27-7-8-30(19)20(29-18)31-9-1-2-15-5-3-13(12-28-15)21(24,25)26/h3-8,10-12H,1-2,9H2. The highest BCUT2D eigenvalue weighted by Crippen LogP contribution is 2.31. The van der Waals surface area contributed by atoms with Crippen LogP contribution < -0.4 is 4.74 Å². The van der Waals surface area contributed by atoms with Crippen LogP contribution in [0.5, 0.6) is 6.01 Å². The van der Waals surface area contributed by atoms with E-state index >= 15 is 0 Å². The summed E-state index contributed by atoms with van der Waals surface area (Å²) >= 11 is 12.3. The summed E-state index contributed by atoms with van der Waals surface area (Å²) in [5, 5.41) is 0.972. The molecule has 0 spiro atoms. The third-order valence-electron chi connectivity index (χ3n) is 4.52. The lowest BCUT2D eigenvalue weighted by molar-refractivity contribution is -0.137. The van der Waals surface area contributed by atoms with Gasteiger partial charge in [-0.3, -0.25) is 9.38 Å². The molecule has 1 aromatic carbocycles. The predicted octanol–water partition coefficient (Wildman–Crippen LogP) is 6.13. The minimum absolute atomic E-state index is 0.292. The van der Waals surface area contributed by atoms with Crippen molar-refractivity contribution in [2.24, 2.45) is 0 Å². The summed E-state index contributed by atoms with van der Waals surface area (Å²) in [5.74, 6) is 0. The quantitative estimate of drug-likeness (QED) is 0.320. The van der Waals surface area contributed by atoms with E-state index in [1.807, 2.05) is 0 Å². The molecule has 10 heteroatoms. The second-order valence-corrected chi connectivity index (χ2v) is 7.54. The number of hydrogen-bond donors (Lipinski definition) is 0. The van der Waals surface area contributed by atoms with Gasteiger partial charge < -0.3 is 4.74 Å². The summed E-state index contributed by atoms with van der Waals surface area (Å²) in [4.78, 5) is 12.7. The number of aryl methyl sites for hydroxylation is 1. The Morgan fingerprint density at radius 1 is 1.03 bits per heavy atom. The average Bonchev–Trinajstić information content (AvgIpc) is 3.19. The first-order chi connectivity index (χ1) is 14.8. The molecule has 0 aliphatic carbocycles. The van der Waals surface area contributed by atoms with Crippen LogP contribution in [0.2, 0.25) is 10.0 Å². The molecule has 3 heterocycles. The Morgan fingerprint density at radius 2 is 1.87 bits per heavy atom. The van der Waals surface area contributed by atoms with Crippen LogP contribution in [0.1, 0.15) is 17.7 Å². The highest BCUT2D eigenvalue weighted by atomic mass is 35.5. The summed E-state index contributed by atoms with van der Waals surface area (Å²) in [7, 11) is 0. The van der Waals surface area contributed by atoms with Crippen molar-refractivity contribution in [3.05, 3.63) is 76.3 Å². The zero-order valence-electron chi connectivity index (χ0n) is 15.9. The van der Waals surface area contributed by atoms with Gasteiger partial charge in [-0.1, -0.05) is 23.2 Å². The Balaban J connectivity index is 1.46. The van der Waals surface area contributed by atoms with E-state index in [1.165, 1.54) is 6.07 Å². The van der Waals surface area contributed by atoms with Crippen LogP contribution in [0.3, 0.4) is 0 Å². The first kappa shape index (κ1) is 21.4. The van der Waals surface area contributed by atoms with Gasteiger partial charge in [0.1, 0.15) is 5.65 Å². The summed E-state index contributed by atoms with van der Waals surface area (Å²) < 4.78 is 45.4. The molecule has 0 N–H and O–H groups in total. The SMILES string of the molecule is FC(F)(F)c1ccc(CCCOc2nc(-c3ccc(Cl)cc3Cl)cc3nccn23)nc1. The van der Waals surface area contributed by atoms with Crippen molar-refractivity contribution in [2.75, 3.05) is 6.61 Å². The van der Waals surface area contributed by atoms with Gasteiger partial charge in [0.25, 0.3) is 0 Å². The van der Waals surface area contributed by atoms with Gasteiger partial charge in [0.2, 0.25) is 0 Å². The number of pyridine rings is 1. The van der Waals surface area contributed by atoms with E-state index in [2.05, 4.69) is 15.0 Å². The Bertz CT molecular complexity index is 1210. The molecule has 0 unspecified atom stereocenters. The number of imidazole rings is 1. The summed E-state index contributed by atoms with van der Waals surface area (Å²) in [6, 6.07) is 9.64. The van der Waals surface area contributed by atoms with Gasteiger partial charge in [-0.15, -0.1) is 0 Å². The third-order valence-corrected chi connectivity index (χ3v) is 5.07. The van der Waals surface area contributed by atoms with Crippen LogP contribution in [0, 0.1) is 0 Å². The number of halogens is 5. The number of alkyl halides is 3. The van der Waals surface area contributed by atoms with Crippen LogP contribution in [0.25, 0.3) is 16.9 Å². The van der Waals surface area contributed by atoms with E-state index in [0.717, 1.165) is 12.3 Å². The minimum atomic E-state index is -4.39. The maximum absolute atomic E-state index is 12.6. The van der Waals surface area contributed by atoms with Crippen molar-refractivity contribution in [3.8, 4) is 17.3 Å². The van der Waals surface area contributed by atoms with Gasteiger partial charge in [-0.05, 0) is 43.2 Å². The van der Waals surface area contributed by atoms with Gasteiger partial charge in [-0.2, -0.15) is 18.2 Å². The molecule has 31 heavy (non-hydrogen) atoms. The number of ether oxygens (including phenoxy) is 1. The van der Waals surface area contributed by atoms with Crippen LogP contribution in [-0.4, -0.2) is 26.0 Å². The molecule has 0 atom stereocenters. The van der Waals surface area contributed by atoms with E-state index in [9.17, 15) is 13.2 Å². The Kier molecular flexibility index (Phi) is 6.02. The van der Waals surface area contributed by atoms with E-state index < -0.39 is 11.7 Å². The van der Waals surface area contributed by atoms with Gasteiger partial charge in [0, 0.05) is 40.9 Å². The first-order valence-electron chi connectivity index (χ1n) is 9.26. The van der Waals surface area contributed by atoms with E-state index in [4.69, 9.17) is 27.9 Å². The summed E-state index contributed by atoms with van der Waals surface area (Å²) in [6.45, 7) is 0.292. The number of aromatic nitrogens is 4. The Hall–Kier alpha value is -2.84. The third kappa shape index (κ3) is 4.91. The number of nitrogens with zero attached hydrogens (tertiary/aromatic N) is 4. The number of benzene rings is 1. The van der Waals surface area contributed by atoms with Crippen molar-refractivity contribution in [2.45, 2.75) is 19.0 Å². The maximum Gasteiger partial charge on any atom is 0.417 e. The summed E-state index contributed by atoms with van der Waals surface area (Å²) in [6.07, 6.45) is 0.808. The number of hydrogen-bond acceptors (Lipinski definition) is 4. The highest BCUT2D eigenvalue weighted by molar-refractivity contribution is 6.36. The molecule has 5 nitrogen and oxygen atoms in total. The van der Waals surface area contributed by atoms with Gasteiger partial charge in [0.15, 0.2) is 0 Å². The van der Waals surface area contributed by atoms with Gasteiger partial charge in [-0.25, -0.2) is 4.98 Å². The Labute approximate surface area is 185 Å². The van der Waals surface area contributed by atoms with Gasteiger partial charge >= 0.3 is 12.2 Å². The fourth-order valence-electron chi connectivity index (χ4n) is 2.99. The summed E-state index contributed by atoms with van der Waals surface area (Å²) in [5.41, 5.74) is 1.70. The maximum atomic E-state index is 12.6. The molecular formula is C21H15Cl2F3N4O. The smallest absolute Gasteiger partial charge is 0.417 e. The first-order valence-corrected chi connectivity index (χ1v) is 10.0. The minimum Gasteiger partial charge on any atom is -0.464 e. The van der Waals surface area contributed by atoms with Gasteiger partial charge in [0.05, 0.1) is 22.9 Å². The van der Waals surface area contributed by atoms with Crippen LogP contribution in [0.4, 0.5) is 13.2 Å². The number of fused-ring (bicyclic) bond motifs is 1. The van der Waals surface area contributed by atoms with Crippen LogP contribution in [0.15, 0.2) is 55.0 Å². The normalized spacial score (nSPS) is 11.8. The molecule has 0 amide bonds. The molecular weight excluding hydrogens is 452 g/mol. The largest absolute Gasteiger partial charge is 0.464 e. The molecule has 0 saturated carbocycles. The van der Waals surface area contributed by atoms with Crippen LogP contribution in [-0.2, 0) is 12.6 Å². The fraction of sp³-hybridized carbons (Fsp3) is 0.190. The van der Waals surface area contributed by atoms with E-state index in [-0.39, 0.29) is 0 Å². The molecule has 3 aromatic heterocycles. The second-order valence-electron chi connectivity index (χ2n) is 6.69. The molecule has 0 aliphatic rings. The molecule has 4 rings (SSSR count). The zero-order valence-corrected chi connectivity index (χ0v) is 17.4. The molecule has 0 bridgehead atoms. The van der Waals surface area contributed by atoms with Crippen LogP contribution >= 0.6 is 23.2 Å². The van der Waals surface area contributed by atoms with Crippen molar-refractivity contribution < 1.29 is 17.9 Å². The van der Waals surface area contributed by atoms with Crippen molar-refractivity contribution in [1.29, 1.82) is 0 Å². The zero-order chi connectivity index (χ0) is 22.0. The highest BCUT2D eigenvalue weighted by Gasteiger charge is 2.30. The molecule has 160 valence electrons. The average molecular weight is 467 g/mol. The topological polar surface area (TPSA) is 52.3 Å². The lowest BCUT2D eigenvalue weighted by Gasteiger charge is -2.11. The fourth-order valence-corrected chi connectivity index (χ4v) is 3.49. The second kappa shape index (κ2) is 8.72. The molecule has 0 saturated heterocycles. The van der Waals surface area contributed by atoms with Crippen molar-refractivity contribution >= 4 is 28.8 Å². The van der Waals surface area contributed by atoms with E-state index in [0.29, 0.717) is 58.1 Å². The van der Waals surface area contributed by atoms with Crippen molar-refractivity contribution in [3.63, 3.8) is 0 Å². The van der Waals surface area contributed by atoms with E-state index in [1.54, 1.807) is 41.1 Å². The lowest BCUT2D eigenvalue weighted by atomic mass is 10.1. The molecule has 4 aromatic rings. The lowest BCUT2D eigenvalue weighted by Crippen LogP contribution is -2.08. The molecule has 0 aliphatic heterocycles. The Morgan fingerprint density at radius 3 is 2.58 bits per heavy atom. The molecule has 0 radical (unpaired) electrons. The predicted molar refractivity (Wildman–Crippen MR) is 111 cm³/mol. The van der Waals surface area contributed by atoms with Crippen molar-refractivity contribution in [1.82, 2.24) is 19.4 Å². The molecule has 0 fully saturated rings.